The maximum atomic E-state index is 12.7. The summed E-state index contributed by atoms with van der Waals surface area (Å²) in [7, 11) is 1.69. The molecular formula is C44H82N2O7. The third kappa shape index (κ3) is 28.9. The number of aliphatic hydroxyl groups is 1. The predicted octanol–water partition coefficient (Wildman–Crippen LogP) is 10.7. The van der Waals surface area contributed by atoms with Crippen LogP contribution in [0.4, 0.5) is 4.79 Å². The predicted molar refractivity (Wildman–Crippen MR) is 217 cm³/mol. The molecule has 1 unspecified atom stereocenters. The van der Waals surface area contributed by atoms with Crippen molar-refractivity contribution in [2.75, 3.05) is 46.5 Å². The van der Waals surface area contributed by atoms with Crippen LogP contribution >= 0.6 is 0 Å². The molecule has 0 spiro atoms. The number of likely N-dealkylation sites (tertiary alicyclic amines) is 1. The Balaban J connectivity index is 2.29. The smallest absolute Gasteiger partial charge is 0.409 e. The highest BCUT2D eigenvalue weighted by atomic mass is 16.6. The topological polar surface area (TPSA) is 106 Å². The number of amides is 1. The maximum absolute atomic E-state index is 12.7. The van der Waals surface area contributed by atoms with Crippen molar-refractivity contribution < 1.29 is 33.7 Å². The van der Waals surface area contributed by atoms with Gasteiger partial charge in [0, 0.05) is 39.5 Å². The van der Waals surface area contributed by atoms with Crippen LogP contribution in [0.3, 0.4) is 0 Å². The number of rotatable bonds is 37. The van der Waals surface area contributed by atoms with E-state index in [9.17, 15) is 14.4 Å². The number of allylic oxidation sites excluding steroid dienone is 2. The number of aliphatic hydroxyl groups excluding tert-OH is 1. The van der Waals surface area contributed by atoms with Gasteiger partial charge in [-0.05, 0) is 38.5 Å². The summed E-state index contributed by atoms with van der Waals surface area (Å²) in [5.41, 5.74) is 0. The number of carbonyl (C=O) groups excluding carboxylic acids is 3. The maximum Gasteiger partial charge on any atom is 0.409 e. The molecule has 0 aromatic rings. The first kappa shape index (κ1) is 48.9. The Morgan fingerprint density at radius 2 is 1.04 bits per heavy atom. The lowest BCUT2D eigenvalue weighted by atomic mass is 10.0. The zero-order valence-electron chi connectivity index (χ0n) is 34.6. The van der Waals surface area contributed by atoms with Crippen LogP contribution in [-0.4, -0.2) is 91.6 Å². The average molecular weight is 751 g/mol. The lowest BCUT2D eigenvalue weighted by molar-refractivity contribution is -0.161. The Morgan fingerprint density at radius 1 is 0.623 bits per heavy atom. The number of likely N-dealkylation sites (N-methyl/N-ethyl adjacent to an activating group) is 1. The van der Waals surface area contributed by atoms with E-state index in [0.717, 1.165) is 51.4 Å². The van der Waals surface area contributed by atoms with E-state index in [4.69, 9.17) is 19.3 Å². The summed E-state index contributed by atoms with van der Waals surface area (Å²) < 4.78 is 16.7. The summed E-state index contributed by atoms with van der Waals surface area (Å²) >= 11 is 0. The number of ether oxygens (including phenoxy) is 3. The minimum absolute atomic E-state index is 0.00864. The fraction of sp³-hybridized carbons (Fsp3) is 0.886. The van der Waals surface area contributed by atoms with Crippen molar-refractivity contribution in [3.8, 4) is 0 Å². The number of hydrogen-bond acceptors (Lipinski definition) is 8. The molecular weight excluding hydrogens is 668 g/mol. The van der Waals surface area contributed by atoms with Crippen LogP contribution in [0.1, 0.15) is 194 Å². The number of β-amino-alcohol motifs (C(OH)–C–C–N with tert-alkyl or cyclic N) is 1. The summed E-state index contributed by atoms with van der Waals surface area (Å²) in [5, 5.41) is 9.12. The van der Waals surface area contributed by atoms with Gasteiger partial charge >= 0.3 is 18.0 Å². The van der Waals surface area contributed by atoms with Gasteiger partial charge in [-0.15, -0.1) is 0 Å². The van der Waals surface area contributed by atoms with Gasteiger partial charge in [0.2, 0.25) is 0 Å². The third-order valence-electron chi connectivity index (χ3n) is 10.4. The van der Waals surface area contributed by atoms with Gasteiger partial charge in [0.1, 0.15) is 13.2 Å². The average Bonchev–Trinajstić information content (AvgIpc) is 3.13. The van der Waals surface area contributed by atoms with E-state index in [2.05, 4.69) is 30.9 Å². The number of esters is 2. The summed E-state index contributed by atoms with van der Waals surface area (Å²) in [6, 6.07) is 0.00864. The van der Waals surface area contributed by atoms with E-state index in [1.807, 2.05) is 0 Å². The van der Waals surface area contributed by atoms with Gasteiger partial charge < -0.3 is 24.2 Å². The molecule has 1 rings (SSSR count). The van der Waals surface area contributed by atoms with Gasteiger partial charge in [0.05, 0.1) is 12.6 Å². The van der Waals surface area contributed by atoms with Crippen molar-refractivity contribution in [3.63, 3.8) is 0 Å². The monoisotopic (exact) mass is 751 g/mol. The van der Waals surface area contributed by atoms with Gasteiger partial charge in [-0.3, -0.25) is 14.5 Å². The zero-order chi connectivity index (χ0) is 38.6. The van der Waals surface area contributed by atoms with Crippen LogP contribution in [-0.2, 0) is 23.8 Å². The Hall–Kier alpha value is -2.13. The molecule has 1 heterocycles. The highest BCUT2D eigenvalue weighted by molar-refractivity contribution is 5.70. The minimum atomic E-state index is -0.842. The van der Waals surface area contributed by atoms with Crippen LogP contribution in [0.25, 0.3) is 0 Å². The van der Waals surface area contributed by atoms with Crippen LogP contribution in [0, 0.1) is 0 Å². The van der Waals surface area contributed by atoms with Crippen LogP contribution in [0.2, 0.25) is 0 Å². The van der Waals surface area contributed by atoms with Crippen molar-refractivity contribution in [1.29, 1.82) is 0 Å². The van der Waals surface area contributed by atoms with Gasteiger partial charge in [-0.1, -0.05) is 154 Å². The second-order valence-electron chi connectivity index (χ2n) is 15.4. The molecule has 1 saturated heterocycles. The summed E-state index contributed by atoms with van der Waals surface area (Å²) in [5.74, 6) is -0.670. The highest BCUT2D eigenvalue weighted by Gasteiger charge is 2.33. The molecule has 0 saturated carbocycles. The lowest BCUT2D eigenvalue weighted by Gasteiger charge is -2.43. The molecule has 53 heavy (non-hydrogen) atoms. The summed E-state index contributed by atoms with van der Waals surface area (Å²) in [4.78, 5) is 41.6. The zero-order valence-corrected chi connectivity index (χ0v) is 34.6. The van der Waals surface area contributed by atoms with Crippen molar-refractivity contribution in [2.45, 2.75) is 206 Å². The van der Waals surface area contributed by atoms with Crippen molar-refractivity contribution >= 4 is 18.0 Å². The standard InChI is InChI=1S/C44H82N2O7/c1-4-6-8-10-12-14-16-18-19-21-23-25-27-29-31-33-43(49)53-41(39-52-44(50)45(3)40-36-46(37-40)34-35-47)38-51-42(48)32-30-28-26-24-22-20-17-15-13-11-9-7-5-2/h18-19,40-41,47H,4-17,20-39H2,1-3H3/b19-18-. The van der Waals surface area contributed by atoms with E-state index >= 15 is 0 Å². The van der Waals surface area contributed by atoms with E-state index in [1.54, 1.807) is 11.9 Å². The third-order valence-corrected chi connectivity index (χ3v) is 10.4. The van der Waals surface area contributed by atoms with Gasteiger partial charge in [0.15, 0.2) is 6.10 Å². The Kier molecular flexibility index (Phi) is 32.8. The molecule has 1 fully saturated rings. The molecule has 0 aromatic heterocycles. The SMILES string of the molecule is CCCCCCCC/C=C\CCCCCCCC(=O)OC(COC(=O)CCCCCCCCCCCCCCC)COC(=O)N(C)C1CN(CCO)C1. The number of unbranched alkanes of at least 4 members (excludes halogenated alkanes) is 23. The van der Waals surface area contributed by atoms with E-state index in [-0.39, 0.29) is 44.2 Å². The molecule has 0 radical (unpaired) electrons. The fourth-order valence-corrected chi connectivity index (χ4v) is 6.77. The van der Waals surface area contributed by atoms with Crippen LogP contribution < -0.4 is 0 Å². The van der Waals surface area contributed by atoms with Crippen molar-refractivity contribution in [1.82, 2.24) is 9.80 Å². The van der Waals surface area contributed by atoms with Gasteiger partial charge in [0.25, 0.3) is 0 Å². The molecule has 9 nitrogen and oxygen atoms in total. The minimum Gasteiger partial charge on any atom is -0.462 e. The number of hydrogen-bond donors (Lipinski definition) is 1. The molecule has 1 aliphatic heterocycles. The number of nitrogens with zero attached hydrogens (tertiary/aromatic N) is 2. The molecule has 9 heteroatoms. The molecule has 0 aromatic carbocycles. The Labute approximate surface area is 325 Å². The molecule has 1 aliphatic rings. The first-order chi connectivity index (χ1) is 25.9. The van der Waals surface area contributed by atoms with Crippen molar-refractivity contribution in [2.24, 2.45) is 0 Å². The van der Waals surface area contributed by atoms with Crippen molar-refractivity contribution in [3.05, 3.63) is 12.2 Å². The van der Waals surface area contributed by atoms with E-state index < -0.39 is 12.2 Å². The first-order valence-corrected chi connectivity index (χ1v) is 22.1. The van der Waals surface area contributed by atoms with Crippen LogP contribution in [0.15, 0.2) is 12.2 Å². The molecule has 1 atom stereocenters. The molecule has 1 N–H and O–H groups in total. The largest absolute Gasteiger partial charge is 0.462 e. The van der Waals surface area contributed by atoms with Gasteiger partial charge in [-0.2, -0.15) is 0 Å². The summed E-state index contributed by atoms with van der Waals surface area (Å²) in [6.45, 7) is 6.24. The summed E-state index contributed by atoms with van der Waals surface area (Å²) in [6.07, 6.45) is 35.5. The fourth-order valence-electron chi connectivity index (χ4n) is 6.77. The lowest BCUT2D eigenvalue weighted by Crippen LogP contribution is -2.60. The first-order valence-electron chi connectivity index (χ1n) is 22.1. The molecule has 0 bridgehead atoms. The Bertz CT molecular complexity index is 908. The second-order valence-corrected chi connectivity index (χ2v) is 15.4. The van der Waals surface area contributed by atoms with E-state index in [0.29, 0.717) is 26.1 Å². The molecule has 1 amide bonds. The van der Waals surface area contributed by atoms with Gasteiger partial charge in [-0.25, -0.2) is 4.79 Å². The number of carbonyl (C=O) groups is 3. The quantitative estimate of drug-likeness (QED) is 0.0290. The second kappa shape index (κ2) is 35.6. The van der Waals surface area contributed by atoms with Crippen LogP contribution in [0.5, 0.6) is 0 Å². The molecule has 310 valence electrons. The normalized spacial score (nSPS) is 14.0. The van der Waals surface area contributed by atoms with E-state index in [1.165, 1.54) is 116 Å². The highest BCUT2D eigenvalue weighted by Crippen LogP contribution is 2.16. The molecule has 0 aliphatic carbocycles. The Morgan fingerprint density at radius 3 is 1.51 bits per heavy atom.